The highest BCUT2D eigenvalue weighted by Gasteiger charge is 2.33. The number of pyridine rings is 1. The number of benzene rings is 2. The first-order chi connectivity index (χ1) is 21.7. The zero-order valence-corrected chi connectivity index (χ0v) is 28.1. The monoisotopic (exact) mass is 667 g/mol. The number of nitrogens with one attached hydrogen (secondary N) is 2. The molecule has 3 heterocycles. The number of anilines is 2. The molecule has 5 rings (SSSR count). The summed E-state index contributed by atoms with van der Waals surface area (Å²) in [6, 6.07) is 13.1. The van der Waals surface area contributed by atoms with E-state index in [2.05, 4.69) is 15.6 Å². The molecule has 0 aliphatic carbocycles. The summed E-state index contributed by atoms with van der Waals surface area (Å²) in [6.07, 6.45) is 4.82. The second-order valence-corrected chi connectivity index (χ2v) is 16.8. The van der Waals surface area contributed by atoms with Gasteiger partial charge in [0, 0.05) is 43.5 Å². The maximum Gasteiger partial charge on any atom is 0.255 e. The molecule has 2 saturated heterocycles. The van der Waals surface area contributed by atoms with Crippen LogP contribution in [-0.2, 0) is 20.0 Å². The van der Waals surface area contributed by atoms with Gasteiger partial charge in [-0.05, 0) is 91.1 Å². The van der Waals surface area contributed by atoms with Crippen LogP contribution in [0.5, 0.6) is 0 Å². The molecule has 0 bridgehead atoms. The average Bonchev–Trinajstić information content (AvgIpc) is 3.01. The van der Waals surface area contributed by atoms with Crippen molar-refractivity contribution in [3.63, 3.8) is 0 Å². The summed E-state index contributed by atoms with van der Waals surface area (Å²) in [6.45, 7) is 10.0. The highest BCUT2D eigenvalue weighted by atomic mass is 32.2. The third-order valence-electron chi connectivity index (χ3n) is 8.50. The summed E-state index contributed by atoms with van der Waals surface area (Å²) in [5.41, 5.74) is 0.993. The van der Waals surface area contributed by atoms with Crippen molar-refractivity contribution in [3.8, 4) is 0 Å². The van der Waals surface area contributed by atoms with Gasteiger partial charge < -0.3 is 10.6 Å². The van der Waals surface area contributed by atoms with Crippen LogP contribution in [0.15, 0.2) is 76.8 Å². The second-order valence-electron chi connectivity index (χ2n) is 12.9. The number of piperidine rings is 2. The van der Waals surface area contributed by atoms with Crippen LogP contribution in [0, 0.1) is 23.7 Å². The molecule has 4 atom stereocenters. The van der Waals surface area contributed by atoms with Crippen LogP contribution in [0.4, 0.5) is 11.4 Å². The normalized spacial score (nSPS) is 23.0. The van der Waals surface area contributed by atoms with Gasteiger partial charge in [0.2, 0.25) is 20.0 Å². The number of hydrogen-bond donors (Lipinski definition) is 2. The highest BCUT2D eigenvalue weighted by molar-refractivity contribution is 7.89. The fourth-order valence-electron chi connectivity index (χ4n) is 6.45. The van der Waals surface area contributed by atoms with Crippen LogP contribution in [-0.4, -0.2) is 68.4 Å². The van der Waals surface area contributed by atoms with E-state index < -0.39 is 31.9 Å². The fourth-order valence-corrected chi connectivity index (χ4v) is 9.81. The van der Waals surface area contributed by atoms with Crippen molar-refractivity contribution in [2.24, 2.45) is 23.7 Å². The van der Waals surface area contributed by atoms with Crippen LogP contribution >= 0.6 is 0 Å². The van der Waals surface area contributed by atoms with Gasteiger partial charge in [0.05, 0.1) is 27.4 Å². The van der Waals surface area contributed by atoms with E-state index in [0.29, 0.717) is 26.2 Å². The third-order valence-corrected chi connectivity index (χ3v) is 12.2. The lowest BCUT2D eigenvalue weighted by molar-refractivity contribution is 0.101. The minimum Gasteiger partial charge on any atom is -0.320 e. The Balaban J connectivity index is 1.25. The fraction of sp³-hybridized carbons (Fsp3) is 0.424. The molecule has 2 amide bonds. The standard InChI is InChI=1S/C33H41N5O6S2/c1-22-15-23(2)19-37(18-22)45(41,42)28-9-5-26(6-10-28)32(39)35-30-13-14-34-17-31(30)36-33(40)27-7-11-29(12-8-27)46(43,44)38-20-24(3)16-25(4)21-38/h5-14,17,22-25H,15-16,18-21H2,1-4H3,(H,36,40)(H,34,35,39)/t22-,23+,24-,25-/m1/s1. The summed E-state index contributed by atoms with van der Waals surface area (Å²) in [4.78, 5) is 30.5. The van der Waals surface area contributed by atoms with E-state index in [0.717, 1.165) is 12.8 Å². The van der Waals surface area contributed by atoms with Gasteiger partial charge in [-0.1, -0.05) is 27.7 Å². The zero-order chi connectivity index (χ0) is 33.2. The van der Waals surface area contributed by atoms with Crippen LogP contribution in [0.2, 0.25) is 0 Å². The van der Waals surface area contributed by atoms with Crippen LogP contribution in [0.3, 0.4) is 0 Å². The lowest BCUT2D eigenvalue weighted by Crippen LogP contribution is -2.42. The minimum atomic E-state index is -3.69. The topological polar surface area (TPSA) is 146 Å². The molecular weight excluding hydrogens is 627 g/mol. The van der Waals surface area contributed by atoms with E-state index in [9.17, 15) is 26.4 Å². The first-order valence-electron chi connectivity index (χ1n) is 15.5. The molecule has 0 saturated carbocycles. The molecule has 2 fully saturated rings. The Morgan fingerprint density at radius 3 is 1.37 bits per heavy atom. The third kappa shape index (κ3) is 7.49. The van der Waals surface area contributed by atoms with E-state index in [4.69, 9.17) is 0 Å². The predicted octanol–water partition coefficient (Wildman–Crippen LogP) is 4.92. The van der Waals surface area contributed by atoms with Gasteiger partial charge in [0.25, 0.3) is 11.8 Å². The number of nitrogens with zero attached hydrogens (tertiary/aromatic N) is 3. The van der Waals surface area contributed by atoms with Crippen molar-refractivity contribution < 1.29 is 26.4 Å². The number of hydrogen-bond acceptors (Lipinski definition) is 7. The van der Waals surface area contributed by atoms with Crippen molar-refractivity contribution in [3.05, 3.63) is 78.1 Å². The maximum atomic E-state index is 13.2. The van der Waals surface area contributed by atoms with E-state index >= 15 is 0 Å². The van der Waals surface area contributed by atoms with Gasteiger partial charge in [-0.3, -0.25) is 14.6 Å². The van der Waals surface area contributed by atoms with E-state index in [1.807, 2.05) is 27.7 Å². The molecule has 0 unspecified atom stereocenters. The number of rotatable bonds is 8. The van der Waals surface area contributed by atoms with Gasteiger partial charge >= 0.3 is 0 Å². The molecule has 46 heavy (non-hydrogen) atoms. The summed E-state index contributed by atoms with van der Waals surface area (Å²) in [5, 5.41) is 5.48. The Bertz CT molecular complexity index is 1640. The van der Waals surface area contributed by atoms with Gasteiger partial charge in [-0.25, -0.2) is 16.8 Å². The SMILES string of the molecule is C[C@@H]1C[C@@H](C)CN(S(=O)(=O)c2ccc(C(=O)Nc3cnccc3NC(=O)c3ccc(S(=O)(=O)N4C[C@H](C)C[C@H](C)C4)cc3)cc2)C1. The average molecular weight is 668 g/mol. The number of aromatic nitrogens is 1. The van der Waals surface area contributed by atoms with Crippen molar-refractivity contribution in [2.45, 2.75) is 50.3 Å². The van der Waals surface area contributed by atoms with Gasteiger partial charge in [0.15, 0.2) is 0 Å². The Labute approximate surface area is 271 Å². The first kappa shape index (κ1) is 33.7. The molecule has 2 aromatic carbocycles. The van der Waals surface area contributed by atoms with E-state index in [1.54, 1.807) is 0 Å². The molecular formula is C33H41N5O6S2. The summed E-state index contributed by atoms with van der Waals surface area (Å²) in [5.74, 6) is 0.0694. The Kier molecular flexibility index (Phi) is 9.97. The number of sulfonamides is 2. The van der Waals surface area contributed by atoms with Crippen LogP contribution in [0.25, 0.3) is 0 Å². The summed E-state index contributed by atoms with van der Waals surface area (Å²) in [7, 11) is -7.38. The van der Waals surface area contributed by atoms with Crippen molar-refractivity contribution >= 4 is 43.2 Å². The largest absolute Gasteiger partial charge is 0.320 e. The quantitative estimate of drug-likeness (QED) is 0.347. The minimum absolute atomic E-state index is 0.124. The zero-order valence-electron chi connectivity index (χ0n) is 26.5. The molecule has 0 radical (unpaired) electrons. The Morgan fingerprint density at radius 1 is 0.609 bits per heavy atom. The maximum absolute atomic E-state index is 13.2. The van der Waals surface area contributed by atoms with E-state index in [-0.39, 0.29) is 56.0 Å². The predicted molar refractivity (Wildman–Crippen MR) is 176 cm³/mol. The van der Waals surface area contributed by atoms with Gasteiger partial charge in [-0.2, -0.15) is 8.61 Å². The molecule has 2 N–H and O–H groups in total. The first-order valence-corrected chi connectivity index (χ1v) is 18.4. The molecule has 2 aliphatic heterocycles. The lowest BCUT2D eigenvalue weighted by Gasteiger charge is -2.34. The number of carbonyl (C=O) groups is 2. The lowest BCUT2D eigenvalue weighted by atomic mass is 9.94. The van der Waals surface area contributed by atoms with Gasteiger partial charge in [0.1, 0.15) is 0 Å². The second kappa shape index (κ2) is 13.6. The molecule has 0 spiro atoms. The van der Waals surface area contributed by atoms with Crippen molar-refractivity contribution in [1.29, 1.82) is 0 Å². The van der Waals surface area contributed by atoms with Crippen molar-refractivity contribution in [1.82, 2.24) is 13.6 Å². The van der Waals surface area contributed by atoms with E-state index in [1.165, 1.54) is 75.6 Å². The summed E-state index contributed by atoms with van der Waals surface area (Å²) < 4.78 is 55.9. The molecule has 11 nitrogen and oxygen atoms in total. The number of carbonyl (C=O) groups excluding carboxylic acids is 2. The molecule has 13 heteroatoms. The highest BCUT2D eigenvalue weighted by Crippen LogP contribution is 2.29. The van der Waals surface area contributed by atoms with Crippen LogP contribution in [0.1, 0.15) is 61.3 Å². The molecule has 1 aromatic heterocycles. The molecule has 246 valence electrons. The molecule has 2 aliphatic rings. The summed E-state index contributed by atoms with van der Waals surface area (Å²) >= 11 is 0. The van der Waals surface area contributed by atoms with Gasteiger partial charge in [-0.15, -0.1) is 0 Å². The Hall–Kier alpha value is -3.65. The van der Waals surface area contributed by atoms with Crippen LogP contribution < -0.4 is 10.6 Å². The molecule has 3 aromatic rings. The van der Waals surface area contributed by atoms with Crippen molar-refractivity contribution in [2.75, 3.05) is 36.8 Å². The number of amides is 2. The Morgan fingerprint density at radius 2 is 0.978 bits per heavy atom. The smallest absolute Gasteiger partial charge is 0.255 e.